The summed E-state index contributed by atoms with van der Waals surface area (Å²) in [7, 11) is 0. The topological polar surface area (TPSA) is 51.3 Å². The SMILES string of the molecule is CC1(C)OC23CCC4(C)c5cc6[nH]c7ccccc7c6cc5CCC4C2=CC(=O)C1O3. The Bertz CT molecular complexity index is 1330. The van der Waals surface area contributed by atoms with Crippen molar-refractivity contribution in [1.29, 1.82) is 0 Å². The monoisotopic (exact) mass is 413 g/mol. The maximum Gasteiger partial charge on any atom is 0.193 e. The molecule has 1 N–H and O–H groups in total. The molecule has 1 aromatic heterocycles. The van der Waals surface area contributed by atoms with Gasteiger partial charge in [0.1, 0.15) is 5.60 Å². The summed E-state index contributed by atoms with van der Waals surface area (Å²) in [5.74, 6) is -0.391. The summed E-state index contributed by atoms with van der Waals surface area (Å²) in [6.45, 7) is 6.35. The number of aromatic nitrogens is 1. The number of fused-ring (bicyclic) bond motifs is 8. The van der Waals surface area contributed by atoms with E-state index >= 15 is 0 Å². The molecule has 2 aromatic carbocycles. The van der Waals surface area contributed by atoms with Crippen molar-refractivity contribution < 1.29 is 14.3 Å². The van der Waals surface area contributed by atoms with Crippen LogP contribution in [0.1, 0.15) is 51.2 Å². The number of hydrogen-bond acceptors (Lipinski definition) is 3. The highest BCUT2D eigenvalue weighted by Crippen LogP contribution is 2.61. The molecule has 2 fully saturated rings. The van der Waals surface area contributed by atoms with Crippen LogP contribution in [-0.2, 0) is 26.1 Å². The number of carbonyl (C=O) groups excluding carboxylic acids is 1. The number of aryl methyl sites for hydroxylation is 1. The molecule has 4 unspecified atom stereocenters. The van der Waals surface area contributed by atoms with Gasteiger partial charge in [0.2, 0.25) is 0 Å². The number of rotatable bonds is 0. The van der Waals surface area contributed by atoms with E-state index in [2.05, 4.69) is 48.3 Å². The molecule has 31 heavy (non-hydrogen) atoms. The minimum atomic E-state index is -0.713. The summed E-state index contributed by atoms with van der Waals surface area (Å²) in [6, 6.07) is 13.3. The molecule has 158 valence electrons. The molecule has 3 heterocycles. The fourth-order valence-electron chi connectivity index (χ4n) is 7.04. The van der Waals surface area contributed by atoms with Gasteiger partial charge in [0.25, 0.3) is 0 Å². The Labute approximate surface area is 181 Å². The van der Waals surface area contributed by atoms with Crippen LogP contribution in [0.3, 0.4) is 0 Å². The first-order chi connectivity index (χ1) is 14.8. The lowest BCUT2D eigenvalue weighted by atomic mass is 9.55. The Morgan fingerprint density at radius 1 is 1.03 bits per heavy atom. The van der Waals surface area contributed by atoms with Crippen molar-refractivity contribution in [3.8, 4) is 0 Å². The van der Waals surface area contributed by atoms with Crippen LogP contribution in [0.25, 0.3) is 21.8 Å². The molecule has 3 aromatic rings. The lowest BCUT2D eigenvalue weighted by Crippen LogP contribution is -2.53. The molecule has 0 amide bonds. The molecular formula is C27H27NO3. The van der Waals surface area contributed by atoms with Gasteiger partial charge in [-0.3, -0.25) is 4.79 Å². The zero-order chi connectivity index (χ0) is 21.2. The first kappa shape index (κ1) is 18.2. The highest BCUT2D eigenvalue weighted by molar-refractivity contribution is 6.07. The van der Waals surface area contributed by atoms with Crippen LogP contribution >= 0.6 is 0 Å². The van der Waals surface area contributed by atoms with Gasteiger partial charge in [-0.15, -0.1) is 0 Å². The number of hydrogen-bond donors (Lipinski definition) is 1. The van der Waals surface area contributed by atoms with Crippen LogP contribution in [0.2, 0.25) is 0 Å². The van der Waals surface area contributed by atoms with Crippen molar-refractivity contribution in [2.75, 3.05) is 0 Å². The molecule has 2 aliphatic heterocycles. The standard InChI is InChI=1S/C27H27NO3/c1-25(2)24-23(29)14-20-18-9-8-15-12-17-16-6-4-5-7-21(16)28-22(17)13-19(15)26(18,3)10-11-27(20,30-24)31-25/h4-7,12-14,18,24,28H,8-11H2,1-3H3. The van der Waals surface area contributed by atoms with E-state index in [4.69, 9.17) is 9.47 Å². The van der Waals surface area contributed by atoms with Crippen molar-refractivity contribution >= 4 is 27.6 Å². The van der Waals surface area contributed by atoms with Crippen LogP contribution in [0.4, 0.5) is 0 Å². The highest BCUT2D eigenvalue weighted by atomic mass is 16.8. The minimum absolute atomic E-state index is 0.0251. The fourth-order valence-corrected chi connectivity index (χ4v) is 7.04. The predicted octanol–water partition coefficient (Wildman–Crippen LogP) is 5.33. The summed E-state index contributed by atoms with van der Waals surface area (Å²) < 4.78 is 12.9. The van der Waals surface area contributed by atoms with Gasteiger partial charge in [0.15, 0.2) is 17.7 Å². The Balaban J connectivity index is 1.40. The molecule has 0 radical (unpaired) electrons. The number of carbonyl (C=O) groups is 1. The van der Waals surface area contributed by atoms with Crippen LogP contribution in [0.15, 0.2) is 48.0 Å². The summed E-state index contributed by atoms with van der Waals surface area (Å²) in [5, 5.41) is 2.60. The van der Waals surface area contributed by atoms with E-state index in [0.717, 1.165) is 31.3 Å². The summed E-state index contributed by atoms with van der Waals surface area (Å²) in [5.41, 5.74) is 5.73. The highest BCUT2D eigenvalue weighted by Gasteiger charge is 2.64. The first-order valence-corrected chi connectivity index (χ1v) is 11.5. The van der Waals surface area contributed by atoms with E-state index in [1.165, 1.54) is 32.9 Å². The maximum absolute atomic E-state index is 12.9. The number of benzene rings is 2. The third-order valence-corrected chi connectivity index (χ3v) is 8.53. The second-order valence-corrected chi connectivity index (χ2v) is 10.7. The third kappa shape index (κ3) is 2.15. The van der Waals surface area contributed by atoms with E-state index in [1.54, 1.807) is 0 Å². The molecule has 1 saturated carbocycles. The molecule has 4 atom stereocenters. The van der Waals surface area contributed by atoms with Crippen molar-refractivity contribution in [1.82, 2.24) is 4.98 Å². The second-order valence-electron chi connectivity index (χ2n) is 10.7. The Morgan fingerprint density at radius 3 is 2.74 bits per heavy atom. The first-order valence-electron chi connectivity index (χ1n) is 11.5. The van der Waals surface area contributed by atoms with E-state index in [1.807, 2.05) is 19.9 Å². The molecule has 2 aliphatic carbocycles. The number of ketones is 1. The third-order valence-electron chi connectivity index (χ3n) is 8.53. The summed E-state index contributed by atoms with van der Waals surface area (Å²) in [6.07, 6.45) is 5.23. The van der Waals surface area contributed by atoms with Gasteiger partial charge >= 0.3 is 0 Å². The van der Waals surface area contributed by atoms with Crippen LogP contribution in [0.5, 0.6) is 0 Å². The molecular weight excluding hydrogens is 386 g/mol. The minimum Gasteiger partial charge on any atom is -0.355 e. The predicted molar refractivity (Wildman–Crippen MR) is 120 cm³/mol. The number of para-hydroxylation sites is 1. The molecule has 4 aliphatic rings. The Kier molecular flexibility index (Phi) is 3.22. The molecule has 4 heteroatoms. The molecule has 1 saturated heterocycles. The summed E-state index contributed by atoms with van der Waals surface area (Å²) >= 11 is 0. The van der Waals surface area contributed by atoms with E-state index < -0.39 is 17.5 Å². The van der Waals surface area contributed by atoms with Crippen LogP contribution < -0.4 is 0 Å². The Morgan fingerprint density at radius 2 is 1.87 bits per heavy atom. The van der Waals surface area contributed by atoms with Crippen molar-refractivity contribution in [3.05, 3.63) is 59.2 Å². The van der Waals surface area contributed by atoms with Crippen molar-refractivity contribution in [2.24, 2.45) is 5.92 Å². The number of H-pyrrole nitrogens is 1. The van der Waals surface area contributed by atoms with Gasteiger partial charge in [0.05, 0.1) is 0 Å². The summed E-state index contributed by atoms with van der Waals surface area (Å²) in [4.78, 5) is 16.6. The zero-order valence-corrected chi connectivity index (χ0v) is 18.2. The second kappa shape index (κ2) is 5.48. The Hall–Kier alpha value is -2.43. The fraction of sp³-hybridized carbons (Fsp3) is 0.444. The molecule has 1 spiro atoms. The molecule has 2 bridgehead atoms. The van der Waals surface area contributed by atoms with Crippen molar-refractivity contribution in [3.63, 3.8) is 0 Å². The molecule has 4 nitrogen and oxygen atoms in total. The lowest BCUT2D eigenvalue weighted by Gasteiger charge is -2.53. The van der Waals surface area contributed by atoms with Gasteiger partial charge in [0, 0.05) is 28.2 Å². The van der Waals surface area contributed by atoms with Crippen LogP contribution in [-0.4, -0.2) is 28.3 Å². The average molecular weight is 414 g/mol. The molecule has 7 rings (SSSR count). The van der Waals surface area contributed by atoms with E-state index in [9.17, 15) is 4.79 Å². The quantitative estimate of drug-likeness (QED) is 0.542. The number of aromatic amines is 1. The van der Waals surface area contributed by atoms with Crippen LogP contribution in [0, 0.1) is 5.92 Å². The van der Waals surface area contributed by atoms with Gasteiger partial charge in [-0.2, -0.15) is 0 Å². The van der Waals surface area contributed by atoms with Gasteiger partial charge in [-0.25, -0.2) is 0 Å². The lowest BCUT2D eigenvalue weighted by molar-refractivity contribution is -0.187. The maximum atomic E-state index is 12.9. The largest absolute Gasteiger partial charge is 0.355 e. The smallest absolute Gasteiger partial charge is 0.193 e. The van der Waals surface area contributed by atoms with Crippen molar-refractivity contribution in [2.45, 2.75) is 69.4 Å². The van der Waals surface area contributed by atoms with Gasteiger partial charge in [-0.1, -0.05) is 25.1 Å². The number of nitrogens with one attached hydrogen (secondary N) is 1. The van der Waals surface area contributed by atoms with E-state index in [0.29, 0.717) is 0 Å². The normalized spacial score (nSPS) is 35.6. The van der Waals surface area contributed by atoms with Gasteiger partial charge in [-0.05, 0) is 85.4 Å². The van der Waals surface area contributed by atoms with E-state index in [-0.39, 0.29) is 17.1 Å². The zero-order valence-electron chi connectivity index (χ0n) is 18.2. The number of ether oxygens (including phenoxy) is 2. The van der Waals surface area contributed by atoms with Gasteiger partial charge < -0.3 is 14.5 Å². The average Bonchev–Trinajstić information content (AvgIpc) is 3.21.